The highest BCUT2D eigenvalue weighted by molar-refractivity contribution is 9.10. The van der Waals surface area contributed by atoms with E-state index >= 15 is 0 Å². The molecule has 23 heavy (non-hydrogen) atoms. The number of hydrogen-bond donors (Lipinski definition) is 0. The van der Waals surface area contributed by atoms with Crippen LogP contribution in [0.25, 0.3) is 5.69 Å². The van der Waals surface area contributed by atoms with Gasteiger partial charge in [-0.15, -0.1) is 0 Å². The number of ether oxygens (including phenoxy) is 1. The Bertz CT molecular complexity index is 884. The van der Waals surface area contributed by atoms with Crippen LogP contribution in [0.4, 0.5) is 0 Å². The van der Waals surface area contributed by atoms with Crippen molar-refractivity contribution in [3.05, 3.63) is 68.5 Å². The second-order valence-corrected chi connectivity index (χ2v) is 5.99. The molecule has 0 fully saturated rings. The van der Waals surface area contributed by atoms with E-state index in [1.165, 1.54) is 14.9 Å². The fourth-order valence-electron chi connectivity index (χ4n) is 2.14. The van der Waals surface area contributed by atoms with E-state index in [1.54, 1.807) is 7.05 Å². The fourth-order valence-corrected chi connectivity index (χ4v) is 2.61. The number of hydrogen-bond acceptors (Lipinski definition) is 4. The van der Waals surface area contributed by atoms with Crippen LogP contribution in [-0.4, -0.2) is 19.8 Å². The quantitative estimate of drug-likeness (QED) is 0.704. The van der Waals surface area contributed by atoms with Crippen LogP contribution in [0.15, 0.2) is 51.7 Å². The first-order chi connectivity index (χ1) is 11.1. The molecule has 0 aliphatic rings. The van der Waals surface area contributed by atoms with Crippen molar-refractivity contribution in [2.24, 2.45) is 7.05 Å². The van der Waals surface area contributed by atoms with Crippen LogP contribution in [0.3, 0.4) is 0 Å². The zero-order chi connectivity index (χ0) is 16.4. The minimum Gasteiger partial charge on any atom is -0.489 e. The fraction of sp³-hybridized carbons (Fsp3) is 0.188. The first-order valence-corrected chi connectivity index (χ1v) is 7.82. The molecule has 0 saturated carbocycles. The lowest BCUT2D eigenvalue weighted by Gasteiger charge is -2.12. The summed E-state index contributed by atoms with van der Waals surface area (Å²) in [6, 6.07) is 13.4. The van der Waals surface area contributed by atoms with E-state index in [0.717, 1.165) is 15.8 Å². The molecule has 3 aromatic rings. The van der Waals surface area contributed by atoms with Crippen molar-refractivity contribution in [3.8, 4) is 11.4 Å². The zero-order valence-corrected chi connectivity index (χ0v) is 14.3. The van der Waals surface area contributed by atoms with Gasteiger partial charge in [0.2, 0.25) is 0 Å². The molecule has 0 aliphatic carbocycles. The Morgan fingerprint density at radius 2 is 1.87 bits per heavy atom. The van der Waals surface area contributed by atoms with Crippen molar-refractivity contribution in [2.75, 3.05) is 0 Å². The van der Waals surface area contributed by atoms with Crippen LogP contribution in [0.5, 0.6) is 5.75 Å². The standard InChI is InChI=1S/C16H15BrN4O2/c1-11-6-8-12(9-7-11)23-10-13-14(17)4-3-5-15(13)21-16(22)20(2)18-19-21/h3-9H,10H2,1-2H3. The van der Waals surface area contributed by atoms with Gasteiger partial charge in [0.15, 0.2) is 0 Å². The lowest BCUT2D eigenvalue weighted by Crippen LogP contribution is -2.23. The molecule has 0 radical (unpaired) electrons. The Labute approximate surface area is 141 Å². The van der Waals surface area contributed by atoms with E-state index in [0.29, 0.717) is 12.3 Å². The summed E-state index contributed by atoms with van der Waals surface area (Å²) in [6.07, 6.45) is 0. The van der Waals surface area contributed by atoms with Gasteiger partial charge in [-0.2, -0.15) is 9.36 Å². The Kier molecular flexibility index (Phi) is 4.29. The summed E-state index contributed by atoms with van der Waals surface area (Å²) >= 11 is 3.51. The predicted octanol–water partition coefficient (Wildman–Crippen LogP) is 2.62. The number of tetrazole rings is 1. The number of aromatic nitrogens is 4. The Morgan fingerprint density at radius 3 is 2.52 bits per heavy atom. The van der Waals surface area contributed by atoms with Crippen LogP contribution in [0.1, 0.15) is 11.1 Å². The van der Waals surface area contributed by atoms with Crippen molar-refractivity contribution >= 4 is 15.9 Å². The van der Waals surface area contributed by atoms with Gasteiger partial charge >= 0.3 is 5.69 Å². The first kappa shape index (κ1) is 15.5. The van der Waals surface area contributed by atoms with E-state index in [2.05, 4.69) is 26.4 Å². The molecule has 0 aliphatic heterocycles. The molecule has 0 amide bonds. The predicted molar refractivity (Wildman–Crippen MR) is 89.8 cm³/mol. The molecule has 0 saturated heterocycles. The third kappa shape index (κ3) is 3.19. The highest BCUT2D eigenvalue weighted by Gasteiger charge is 2.14. The molecular weight excluding hydrogens is 360 g/mol. The summed E-state index contributed by atoms with van der Waals surface area (Å²) < 4.78 is 9.13. The number of benzene rings is 2. The van der Waals surface area contributed by atoms with Gasteiger partial charge < -0.3 is 4.74 Å². The number of halogens is 1. The maximum absolute atomic E-state index is 12.1. The Hall–Kier alpha value is -2.41. The molecule has 0 atom stereocenters. The van der Waals surface area contributed by atoms with Gasteiger partial charge in [0.1, 0.15) is 12.4 Å². The van der Waals surface area contributed by atoms with E-state index in [1.807, 2.05) is 49.4 Å². The average Bonchev–Trinajstić information content (AvgIpc) is 2.87. The normalized spacial score (nSPS) is 10.7. The van der Waals surface area contributed by atoms with Gasteiger partial charge in [-0.05, 0) is 41.6 Å². The first-order valence-electron chi connectivity index (χ1n) is 7.02. The Morgan fingerprint density at radius 1 is 1.13 bits per heavy atom. The second kappa shape index (κ2) is 6.37. The number of nitrogens with zero attached hydrogens (tertiary/aromatic N) is 4. The molecule has 7 heteroatoms. The summed E-state index contributed by atoms with van der Waals surface area (Å²) in [5, 5.41) is 7.65. The molecule has 0 bridgehead atoms. The number of aryl methyl sites for hydroxylation is 2. The van der Waals surface area contributed by atoms with Crippen molar-refractivity contribution in [3.63, 3.8) is 0 Å². The molecule has 3 rings (SSSR count). The smallest absolute Gasteiger partial charge is 0.368 e. The molecule has 0 spiro atoms. The summed E-state index contributed by atoms with van der Waals surface area (Å²) in [6.45, 7) is 2.33. The van der Waals surface area contributed by atoms with Crippen LogP contribution in [-0.2, 0) is 13.7 Å². The largest absolute Gasteiger partial charge is 0.489 e. The van der Waals surface area contributed by atoms with Crippen molar-refractivity contribution < 1.29 is 4.74 Å². The topological polar surface area (TPSA) is 61.9 Å². The van der Waals surface area contributed by atoms with E-state index < -0.39 is 0 Å². The summed E-state index contributed by atoms with van der Waals surface area (Å²) in [7, 11) is 1.56. The zero-order valence-electron chi connectivity index (χ0n) is 12.7. The van der Waals surface area contributed by atoms with Gasteiger partial charge in [0, 0.05) is 17.1 Å². The molecule has 1 heterocycles. The van der Waals surface area contributed by atoms with Crippen molar-refractivity contribution in [2.45, 2.75) is 13.5 Å². The van der Waals surface area contributed by atoms with E-state index in [9.17, 15) is 4.79 Å². The van der Waals surface area contributed by atoms with Gasteiger partial charge in [-0.25, -0.2) is 4.79 Å². The highest BCUT2D eigenvalue weighted by atomic mass is 79.9. The summed E-state index contributed by atoms with van der Waals surface area (Å²) in [5.74, 6) is 0.767. The summed E-state index contributed by atoms with van der Waals surface area (Å²) in [5.41, 5.74) is 2.34. The molecule has 1 aromatic heterocycles. The molecular formula is C16H15BrN4O2. The number of rotatable bonds is 4. The average molecular weight is 375 g/mol. The third-order valence-electron chi connectivity index (χ3n) is 3.45. The van der Waals surface area contributed by atoms with Gasteiger partial charge in [-0.1, -0.05) is 39.7 Å². The van der Waals surface area contributed by atoms with E-state index in [4.69, 9.17) is 4.74 Å². The van der Waals surface area contributed by atoms with Gasteiger partial charge in [0.05, 0.1) is 5.69 Å². The minimum atomic E-state index is -0.306. The molecule has 0 unspecified atom stereocenters. The lowest BCUT2D eigenvalue weighted by atomic mass is 10.2. The monoisotopic (exact) mass is 374 g/mol. The third-order valence-corrected chi connectivity index (χ3v) is 4.19. The van der Waals surface area contributed by atoms with Crippen LogP contribution < -0.4 is 10.4 Å². The minimum absolute atomic E-state index is 0.306. The molecule has 2 aromatic carbocycles. The molecule has 118 valence electrons. The van der Waals surface area contributed by atoms with Gasteiger partial charge in [0.25, 0.3) is 0 Å². The lowest BCUT2D eigenvalue weighted by molar-refractivity contribution is 0.304. The van der Waals surface area contributed by atoms with Crippen LogP contribution in [0, 0.1) is 6.92 Å². The van der Waals surface area contributed by atoms with Crippen LogP contribution >= 0.6 is 15.9 Å². The van der Waals surface area contributed by atoms with Crippen LogP contribution in [0.2, 0.25) is 0 Å². The van der Waals surface area contributed by atoms with Crippen molar-refractivity contribution in [1.82, 2.24) is 19.8 Å². The Balaban J connectivity index is 1.94. The highest BCUT2D eigenvalue weighted by Crippen LogP contribution is 2.24. The molecule has 6 nitrogen and oxygen atoms in total. The van der Waals surface area contributed by atoms with E-state index in [-0.39, 0.29) is 5.69 Å². The van der Waals surface area contributed by atoms with Gasteiger partial charge in [-0.3, -0.25) is 0 Å². The van der Waals surface area contributed by atoms with Crippen molar-refractivity contribution in [1.29, 1.82) is 0 Å². The summed E-state index contributed by atoms with van der Waals surface area (Å²) in [4.78, 5) is 12.1. The maximum Gasteiger partial charge on any atom is 0.368 e. The maximum atomic E-state index is 12.1. The SMILES string of the molecule is Cc1ccc(OCc2c(Br)cccc2-n2nnn(C)c2=O)cc1. The second-order valence-electron chi connectivity index (χ2n) is 5.14. The molecule has 0 N–H and O–H groups in total.